The van der Waals surface area contributed by atoms with Crippen molar-refractivity contribution >= 4 is 6.29 Å². The van der Waals surface area contributed by atoms with Gasteiger partial charge in [0.05, 0.1) is 0 Å². The van der Waals surface area contributed by atoms with E-state index in [0.29, 0.717) is 5.41 Å². The molecule has 1 aliphatic rings. The number of carbonyl (C=O) groups is 1. The van der Waals surface area contributed by atoms with Crippen LogP contribution in [0, 0.1) is 11.3 Å². The SMILES string of the molecule is CC1CC=C(CC=CC=O)C(C)(C)C1. The van der Waals surface area contributed by atoms with Gasteiger partial charge in [-0.2, -0.15) is 0 Å². The number of carbonyl (C=O) groups excluding carboxylic acids is 1. The van der Waals surface area contributed by atoms with Gasteiger partial charge < -0.3 is 0 Å². The quantitative estimate of drug-likeness (QED) is 0.380. The van der Waals surface area contributed by atoms with Crippen LogP contribution in [0.5, 0.6) is 0 Å². The Balaban J connectivity index is 2.66. The maximum Gasteiger partial charge on any atom is 0.142 e. The number of allylic oxidation sites excluding steroid dienone is 4. The molecule has 0 aliphatic heterocycles. The van der Waals surface area contributed by atoms with E-state index in [9.17, 15) is 4.79 Å². The van der Waals surface area contributed by atoms with E-state index < -0.39 is 0 Å². The van der Waals surface area contributed by atoms with Gasteiger partial charge in [-0.3, -0.25) is 4.79 Å². The maximum absolute atomic E-state index is 10.2. The van der Waals surface area contributed by atoms with Crippen molar-refractivity contribution in [3.8, 4) is 0 Å². The van der Waals surface area contributed by atoms with E-state index in [2.05, 4.69) is 26.8 Å². The predicted octanol–water partition coefficient (Wildman–Crippen LogP) is 3.51. The molecular weight excluding hydrogens is 172 g/mol. The topological polar surface area (TPSA) is 17.1 Å². The smallest absolute Gasteiger partial charge is 0.142 e. The zero-order valence-corrected chi connectivity index (χ0v) is 9.42. The van der Waals surface area contributed by atoms with Crippen molar-refractivity contribution in [2.75, 3.05) is 0 Å². The number of aldehydes is 1. The third kappa shape index (κ3) is 2.83. The molecule has 0 spiro atoms. The van der Waals surface area contributed by atoms with Crippen LogP contribution in [0.4, 0.5) is 0 Å². The second kappa shape index (κ2) is 4.59. The fraction of sp³-hybridized carbons (Fsp3) is 0.615. The highest BCUT2D eigenvalue weighted by Gasteiger charge is 2.27. The molecule has 0 saturated heterocycles. The van der Waals surface area contributed by atoms with Gasteiger partial charge in [0.2, 0.25) is 0 Å². The highest BCUT2D eigenvalue weighted by atomic mass is 16.1. The van der Waals surface area contributed by atoms with Crippen molar-refractivity contribution in [2.45, 2.75) is 40.0 Å². The fourth-order valence-corrected chi connectivity index (χ4v) is 2.32. The van der Waals surface area contributed by atoms with Crippen molar-refractivity contribution in [2.24, 2.45) is 11.3 Å². The normalized spacial score (nSPS) is 26.2. The van der Waals surface area contributed by atoms with Gasteiger partial charge >= 0.3 is 0 Å². The molecule has 0 aromatic heterocycles. The van der Waals surface area contributed by atoms with Gasteiger partial charge in [0.1, 0.15) is 6.29 Å². The van der Waals surface area contributed by atoms with E-state index >= 15 is 0 Å². The highest BCUT2D eigenvalue weighted by Crippen LogP contribution is 2.40. The van der Waals surface area contributed by atoms with Crippen molar-refractivity contribution < 1.29 is 4.79 Å². The number of hydrogen-bond donors (Lipinski definition) is 0. The van der Waals surface area contributed by atoms with Crippen LogP contribution < -0.4 is 0 Å². The van der Waals surface area contributed by atoms with E-state index in [1.165, 1.54) is 18.4 Å². The molecule has 0 aromatic rings. The van der Waals surface area contributed by atoms with Crippen LogP contribution in [0.25, 0.3) is 0 Å². The molecule has 78 valence electrons. The average molecular weight is 192 g/mol. The lowest BCUT2D eigenvalue weighted by Crippen LogP contribution is -2.22. The Morgan fingerprint density at radius 1 is 1.57 bits per heavy atom. The van der Waals surface area contributed by atoms with Gasteiger partial charge in [0.25, 0.3) is 0 Å². The first-order valence-corrected chi connectivity index (χ1v) is 5.36. The highest BCUT2D eigenvalue weighted by molar-refractivity contribution is 5.64. The third-order valence-corrected chi connectivity index (χ3v) is 3.05. The molecule has 14 heavy (non-hydrogen) atoms. The third-order valence-electron chi connectivity index (χ3n) is 3.05. The van der Waals surface area contributed by atoms with Crippen LogP contribution in [0.1, 0.15) is 40.0 Å². The van der Waals surface area contributed by atoms with Crippen molar-refractivity contribution in [3.63, 3.8) is 0 Å². The first-order chi connectivity index (χ1) is 6.56. The average Bonchev–Trinajstić information content (AvgIpc) is 2.08. The molecule has 0 N–H and O–H groups in total. The van der Waals surface area contributed by atoms with E-state index in [4.69, 9.17) is 0 Å². The molecule has 1 aliphatic carbocycles. The van der Waals surface area contributed by atoms with Crippen molar-refractivity contribution in [1.29, 1.82) is 0 Å². The Morgan fingerprint density at radius 3 is 2.86 bits per heavy atom. The van der Waals surface area contributed by atoms with Gasteiger partial charge in [0, 0.05) is 0 Å². The van der Waals surface area contributed by atoms with Gasteiger partial charge in [-0.05, 0) is 36.7 Å². The Kier molecular flexibility index (Phi) is 3.68. The molecule has 1 nitrogen and oxygen atoms in total. The van der Waals surface area contributed by atoms with E-state index in [1.54, 1.807) is 6.08 Å². The Hall–Kier alpha value is -0.850. The summed E-state index contributed by atoms with van der Waals surface area (Å²) in [6.45, 7) is 6.89. The molecule has 1 atom stereocenters. The van der Waals surface area contributed by atoms with Gasteiger partial charge in [-0.15, -0.1) is 0 Å². The van der Waals surface area contributed by atoms with Gasteiger partial charge in [-0.1, -0.05) is 38.5 Å². The minimum absolute atomic E-state index is 0.310. The summed E-state index contributed by atoms with van der Waals surface area (Å²) in [5.41, 5.74) is 1.79. The minimum atomic E-state index is 0.310. The Labute approximate surface area is 86.9 Å². The van der Waals surface area contributed by atoms with Crippen LogP contribution in [0.2, 0.25) is 0 Å². The van der Waals surface area contributed by atoms with Crippen molar-refractivity contribution in [3.05, 3.63) is 23.8 Å². The van der Waals surface area contributed by atoms with E-state index in [0.717, 1.165) is 18.6 Å². The molecule has 1 rings (SSSR count). The van der Waals surface area contributed by atoms with Crippen LogP contribution >= 0.6 is 0 Å². The molecule has 0 saturated carbocycles. The van der Waals surface area contributed by atoms with Crippen molar-refractivity contribution in [1.82, 2.24) is 0 Å². The molecule has 0 amide bonds. The summed E-state index contributed by atoms with van der Waals surface area (Å²) in [4.78, 5) is 10.2. The fourth-order valence-electron chi connectivity index (χ4n) is 2.32. The molecule has 1 unspecified atom stereocenters. The monoisotopic (exact) mass is 192 g/mol. The van der Waals surface area contributed by atoms with E-state index in [1.807, 2.05) is 6.08 Å². The summed E-state index contributed by atoms with van der Waals surface area (Å²) in [7, 11) is 0. The molecule has 1 heteroatoms. The molecule has 0 bridgehead atoms. The molecule has 0 heterocycles. The number of rotatable bonds is 3. The molecule has 0 fully saturated rings. The molecule has 0 aromatic carbocycles. The Bertz CT molecular complexity index is 258. The largest absolute Gasteiger partial charge is 0.299 e. The zero-order chi connectivity index (χ0) is 10.6. The Morgan fingerprint density at radius 2 is 2.29 bits per heavy atom. The van der Waals surface area contributed by atoms with Gasteiger partial charge in [0.15, 0.2) is 0 Å². The minimum Gasteiger partial charge on any atom is -0.299 e. The summed E-state index contributed by atoms with van der Waals surface area (Å²) in [5.74, 6) is 0.795. The summed E-state index contributed by atoms with van der Waals surface area (Å²) in [6, 6.07) is 0. The second-order valence-electron chi connectivity index (χ2n) is 4.93. The first-order valence-electron chi connectivity index (χ1n) is 5.36. The van der Waals surface area contributed by atoms with Crippen LogP contribution in [0.15, 0.2) is 23.8 Å². The molecule has 0 radical (unpaired) electrons. The standard InChI is InChI=1S/C13H20O/c1-11-7-8-12(6-4-5-9-14)13(2,3)10-11/h4-5,8-9,11H,6-7,10H2,1-3H3. The summed E-state index contributed by atoms with van der Waals surface area (Å²) in [5, 5.41) is 0. The van der Waals surface area contributed by atoms with E-state index in [-0.39, 0.29) is 0 Å². The lowest BCUT2D eigenvalue weighted by atomic mass is 9.71. The van der Waals surface area contributed by atoms with Crippen LogP contribution in [0.3, 0.4) is 0 Å². The maximum atomic E-state index is 10.2. The van der Waals surface area contributed by atoms with Crippen LogP contribution in [-0.4, -0.2) is 6.29 Å². The lowest BCUT2D eigenvalue weighted by Gasteiger charge is -2.34. The number of hydrogen-bond acceptors (Lipinski definition) is 1. The molecular formula is C13H20O. The van der Waals surface area contributed by atoms with Gasteiger partial charge in [-0.25, -0.2) is 0 Å². The second-order valence-corrected chi connectivity index (χ2v) is 4.93. The summed E-state index contributed by atoms with van der Waals surface area (Å²) >= 11 is 0. The predicted molar refractivity (Wildman–Crippen MR) is 60.1 cm³/mol. The summed E-state index contributed by atoms with van der Waals surface area (Å²) in [6.07, 6.45) is 10.1. The summed E-state index contributed by atoms with van der Waals surface area (Å²) < 4.78 is 0. The lowest BCUT2D eigenvalue weighted by molar-refractivity contribution is -0.104. The zero-order valence-electron chi connectivity index (χ0n) is 9.42. The van der Waals surface area contributed by atoms with Crippen LogP contribution in [-0.2, 0) is 4.79 Å². The first kappa shape index (κ1) is 11.2.